The Morgan fingerprint density at radius 3 is 2.65 bits per heavy atom. The number of hydrogen-bond donors (Lipinski definition) is 1. The fourth-order valence-electron chi connectivity index (χ4n) is 2.46. The number of anilines is 2. The minimum absolute atomic E-state index is 0.0590. The molecule has 0 aromatic heterocycles. The number of nitrogens with two attached hydrogens (primary N) is 1. The normalized spacial score (nSPS) is 17.4. The first-order valence-electron chi connectivity index (χ1n) is 7.16. The van der Waals surface area contributed by atoms with Gasteiger partial charge in [-0.25, -0.2) is 4.39 Å². The highest BCUT2D eigenvalue weighted by molar-refractivity contribution is 5.70. The molecule has 0 bridgehead atoms. The van der Waals surface area contributed by atoms with Gasteiger partial charge in [0, 0.05) is 31.8 Å². The Labute approximate surface area is 120 Å². The summed E-state index contributed by atoms with van der Waals surface area (Å²) in [6.07, 6.45) is 1.02. The Kier molecular flexibility index (Phi) is 4.70. The minimum atomic E-state index is -0.396. The summed E-state index contributed by atoms with van der Waals surface area (Å²) in [5, 5.41) is 0. The van der Waals surface area contributed by atoms with Gasteiger partial charge in [0.1, 0.15) is 0 Å². The first-order chi connectivity index (χ1) is 9.47. The van der Waals surface area contributed by atoms with Crippen molar-refractivity contribution in [2.24, 2.45) is 0 Å². The fraction of sp³-hybridized carbons (Fsp3) is 0.600. The van der Waals surface area contributed by atoms with E-state index in [2.05, 4.69) is 16.8 Å². The molecule has 20 heavy (non-hydrogen) atoms. The molecule has 1 aromatic rings. The van der Waals surface area contributed by atoms with Gasteiger partial charge in [-0.1, -0.05) is 0 Å². The van der Waals surface area contributed by atoms with Gasteiger partial charge in [-0.2, -0.15) is 0 Å². The van der Waals surface area contributed by atoms with Crippen LogP contribution in [0.15, 0.2) is 12.1 Å². The Morgan fingerprint density at radius 2 is 1.95 bits per heavy atom. The molecule has 112 valence electrons. The maximum atomic E-state index is 13.9. The molecular formula is C15H24FN3O. The SMILES string of the molecule is CC(C)Oc1cc(N2CCCN(C)CC2)c(N)cc1F. The molecule has 1 heterocycles. The number of hydrogen-bond acceptors (Lipinski definition) is 4. The van der Waals surface area contributed by atoms with Crippen molar-refractivity contribution in [2.45, 2.75) is 26.4 Å². The number of rotatable bonds is 3. The Bertz CT molecular complexity index is 465. The molecule has 0 atom stereocenters. The van der Waals surface area contributed by atoms with Crippen molar-refractivity contribution in [3.8, 4) is 5.75 Å². The van der Waals surface area contributed by atoms with Crippen LogP contribution < -0.4 is 15.4 Å². The molecule has 0 spiro atoms. The number of nitrogen functional groups attached to an aromatic ring is 1. The van der Waals surface area contributed by atoms with Crippen LogP contribution in [0.25, 0.3) is 0 Å². The highest BCUT2D eigenvalue weighted by Crippen LogP contribution is 2.32. The first-order valence-corrected chi connectivity index (χ1v) is 7.16. The minimum Gasteiger partial charge on any atom is -0.488 e. The standard InChI is InChI=1S/C15H24FN3O/c1-11(2)20-15-10-14(13(17)9-12(15)16)19-6-4-5-18(3)7-8-19/h9-11H,4-8,17H2,1-3H3. The molecule has 1 aromatic carbocycles. The Morgan fingerprint density at radius 1 is 1.20 bits per heavy atom. The Balaban J connectivity index is 2.25. The molecule has 0 amide bonds. The lowest BCUT2D eigenvalue weighted by Crippen LogP contribution is -2.29. The van der Waals surface area contributed by atoms with Crippen molar-refractivity contribution in [3.05, 3.63) is 17.9 Å². The van der Waals surface area contributed by atoms with Gasteiger partial charge in [-0.3, -0.25) is 0 Å². The van der Waals surface area contributed by atoms with Crippen LogP contribution in [0.1, 0.15) is 20.3 Å². The summed E-state index contributed by atoms with van der Waals surface area (Å²) < 4.78 is 19.4. The van der Waals surface area contributed by atoms with Gasteiger partial charge in [0.15, 0.2) is 11.6 Å². The molecule has 1 saturated heterocycles. The largest absolute Gasteiger partial charge is 0.488 e. The molecule has 2 N–H and O–H groups in total. The van der Waals surface area contributed by atoms with E-state index in [0.717, 1.165) is 38.3 Å². The summed E-state index contributed by atoms with van der Waals surface area (Å²) in [4.78, 5) is 4.51. The van der Waals surface area contributed by atoms with E-state index in [-0.39, 0.29) is 11.9 Å². The maximum Gasteiger partial charge on any atom is 0.167 e. The molecule has 1 fully saturated rings. The van der Waals surface area contributed by atoms with E-state index >= 15 is 0 Å². The van der Waals surface area contributed by atoms with Crippen LogP contribution in [0.2, 0.25) is 0 Å². The predicted octanol–water partition coefficient (Wildman–Crippen LogP) is 2.34. The number of halogens is 1. The van der Waals surface area contributed by atoms with E-state index in [0.29, 0.717) is 5.69 Å². The number of ether oxygens (including phenoxy) is 1. The van der Waals surface area contributed by atoms with Crippen molar-refractivity contribution in [1.82, 2.24) is 4.90 Å². The third kappa shape index (κ3) is 3.54. The van der Waals surface area contributed by atoms with Crippen LogP contribution in [0.5, 0.6) is 5.75 Å². The summed E-state index contributed by atoms with van der Waals surface area (Å²) in [5.41, 5.74) is 7.33. The van der Waals surface area contributed by atoms with E-state index in [9.17, 15) is 4.39 Å². The van der Waals surface area contributed by atoms with Crippen LogP contribution in [-0.4, -0.2) is 44.2 Å². The third-order valence-corrected chi connectivity index (χ3v) is 3.50. The molecule has 1 aliphatic heterocycles. The molecular weight excluding hydrogens is 257 g/mol. The lowest BCUT2D eigenvalue weighted by Gasteiger charge is -2.25. The third-order valence-electron chi connectivity index (χ3n) is 3.50. The van der Waals surface area contributed by atoms with Crippen molar-refractivity contribution in [2.75, 3.05) is 43.9 Å². The zero-order valence-corrected chi connectivity index (χ0v) is 12.5. The van der Waals surface area contributed by atoms with E-state index in [4.69, 9.17) is 10.5 Å². The molecule has 0 radical (unpaired) electrons. The fourth-order valence-corrected chi connectivity index (χ4v) is 2.46. The average molecular weight is 281 g/mol. The second-order valence-corrected chi connectivity index (χ2v) is 5.65. The summed E-state index contributed by atoms with van der Waals surface area (Å²) >= 11 is 0. The average Bonchev–Trinajstić information content (AvgIpc) is 2.57. The topological polar surface area (TPSA) is 41.7 Å². The number of nitrogens with zero attached hydrogens (tertiary/aromatic N) is 2. The molecule has 1 aliphatic rings. The van der Waals surface area contributed by atoms with Gasteiger partial charge in [0.25, 0.3) is 0 Å². The van der Waals surface area contributed by atoms with Crippen LogP contribution in [-0.2, 0) is 0 Å². The number of benzene rings is 1. The summed E-state index contributed by atoms with van der Waals surface area (Å²) in [5.74, 6) is -0.117. The van der Waals surface area contributed by atoms with Gasteiger partial charge in [-0.15, -0.1) is 0 Å². The second kappa shape index (κ2) is 6.31. The maximum absolute atomic E-state index is 13.9. The van der Waals surface area contributed by atoms with Crippen LogP contribution in [0, 0.1) is 5.82 Å². The summed E-state index contributed by atoms with van der Waals surface area (Å²) in [6, 6.07) is 3.09. The zero-order valence-electron chi connectivity index (χ0n) is 12.5. The quantitative estimate of drug-likeness (QED) is 0.864. The molecule has 0 saturated carbocycles. The summed E-state index contributed by atoms with van der Waals surface area (Å²) in [6.45, 7) is 7.66. The van der Waals surface area contributed by atoms with Crippen LogP contribution in [0.4, 0.5) is 15.8 Å². The summed E-state index contributed by atoms with van der Waals surface area (Å²) in [7, 11) is 2.12. The van der Waals surface area contributed by atoms with E-state index < -0.39 is 5.82 Å². The van der Waals surface area contributed by atoms with Gasteiger partial charge in [-0.05, 0) is 33.9 Å². The highest BCUT2D eigenvalue weighted by Gasteiger charge is 2.18. The smallest absolute Gasteiger partial charge is 0.167 e. The van der Waals surface area contributed by atoms with Gasteiger partial charge in [0.05, 0.1) is 17.5 Å². The molecule has 5 heteroatoms. The predicted molar refractivity (Wildman–Crippen MR) is 80.9 cm³/mol. The van der Waals surface area contributed by atoms with E-state index in [1.807, 2.05) is 13.8 Å². The van der Waals surface area contributed by atoms with Crippen molar-refractivity contribution >= 4 is 11.4 Å². The van der Waals surface area contributed by atoms with Crippen LogP contribution in [0.3, 0.4) is 0 Å². The van der Waals surface area contributed by atoms with Gasteiger partial charge in [0.2, 0.25) is 0 Å². The first kappa shape index (κ1) is 14.9. The Hall–Kier alpha value is -1.49. The number of likely N-dealkylation sites (N-methyl/N-ethyl adjacent to an activating group) is 1. The lowest BCUT2D eigenvalue weighted by atomic mass is 10.2. The highest BCUT2D eigenvalue weighted by atomic mass is 19.1. The van der Waals surface area contributed by atoms with Gasteiger partial charge >= 0.3 is 0 Å². The molecule has 0 unspecified atom stereocenters. The second-order valence-electron chi connectivity index (χ2n) is 5.65. The van der Waals surface area contributed by atoms with Gasteiger partial charge < -0.3 is 20.3 Å². The van der Waals surface area contributed by atoms with E-state index in [1.54, 1.807) is 6.07 Å². The zero-order chi connectivity index (χ0) is 14.7. The van der Waals surface area contributed by atoms with Crippen molar-refractivity contribution < 1.29 is 9.13 Å². The lowest BCUT2D eigenvalue weighted by molar-refractivity contribution is 0.231. The monoisotopic (exact) mass is 281 g/mol. The van der Waals surface area contributed by atoms with Crippen LogP contribution >= 0.6 is 0 Å². The van der Waals surface area contributed by atoms with E-state index in [1.165, 1.54) is 6.07 Å². The molecule has 0 aliphatic carbocycles. The van der Waals surface area contributed by atoms with Crippen molar-refractivity contribution in [1.29, 1.82) is 0 Å². The molecule has 2 rings (SSSR count). The van der Waals surface area contributed by atoms with Crippen molar-refractivity contribution in [3.63, 3.8) is 0 Å². The molecule has 4 nitrogen and oxygen atoms in total.